The van der Waals surface area contributed by atoms with Crippen LogP contribution < -0.4 is 5.32 Å². The van der Waals surface area contributed by atoms with Gasteiger partial charge >= 0.3 is 0 Å². The number of rotatable bonds is 4. The van der Waals surface area contributed by atoms with Crippen LogP contribution in [0.2, 0.25) is 0 Å². The molecule has 0 amide bonds. The normalized spacial score (nSPS) is 14.8. The van der Waals surface area contributed by atoms with Crippen molar-refractivity contribution in [1.82, 2.24) is 5.32 Å². The summed E-state index contributed by atoms with van der Waals surface area (Å²) in [6.07, 6.45) is 0. The SMILES string of the molecule is Cc1cc(C(C)N[C@@H](C)c2cccs2)c(C)o1. The lowest BCUT2D eigenvalue weighted by Gasteiger charge is -2.18. The van der Waals surface area contributed by atoms with Crippen molar-refractivity contribution < 1.29 is 4.42 Å². The third-order valence-corrected chi connectivity index (χ3v) is 4.07. The number of aryl methyl sites for hydroxylation is 2. The van der Waals surface area contributed by atoms with Gasteiger partial charge in [0, 0.05) is 22.5 Å². The molecule has 2 heterocycles. The van der Waals surface area contributed by atoms with Gasteiger partial charge in [0.2, 0.25) is 0 Å². The molecule has 0 aromatic carbocycles. The first-order valence-electron chi connectivity index (χ1n) is 5.94. The summed E-state index contributed by atoms with van der Waals surface area (Å²) >= 11 is 1.79. The van der Waals surface area contributed by atoms with Gasteiger partial charge in [-0.1, -0.05) is 6.07 Å². The van der Waals surface area contributed by atoms with Crippen LogP contribution in [0.4, 0.5) is 0 Å². The maximum Gasteiger partial charge on any atom is 0.105 e. The Morgan fingerprint density at radius 2 is 2.00 bits per heavy atom. The highest BCUT2D eigenvalue weighted by Gasteiger charge is 2.15. The zero-order valence-corrected chi connectivity index (χ0v) is 11.6. The molecule has 0 aliphatic carbocycles. The van der Waals surface area contributed by atoms with Gasteiger partial charge in [0.25, 0.3) is 0 Å². The van der Waals surface area contributed by atoms with Crippen LogP contribution in [-0.2, 0) is 0 Å². The average Bonchev–Trinajstić information content (AvgIpc) is 2.87. The quantitative estimate of drug-likeness (QED) is 0.870. The molecule has 0 saturated carbocycles. The zero-order chi connectivity index (χ0) is 12.4. The van der Waals surface area contributed by atoms with E-state index >= 15 is 0 Å². The summed E-state index contributed by atoms with van der Waals surface area (Å²) < 4.78 is 5.57. The summed E-state index contributed by atoms with van der Waals surface area (Å²) in [5, 5.41) is 5.72. The van der Waals surface area contributed by atoms with Crippen LogP contribution in [0.25, 0.3) is 0 Å². The van der Waals surface area contributed by atoms with Crippen molar-refractivity contribution in [2.75, 3.05) is 0 Å². The summed E-state index contributed by atoms with van der Waals surface area (Å²) in [5.74, 6) is 2.00. The van der Waals surface area contributed by atoms with Gasteiger partial charge in [0.1, 0.15) is 11.5 Å². The number of hydrogen-bond acceptors (Lipinski definition) is 3. The van der Waals surface area contributed by atoms with E-state index in [1.165, 1.54) is 10.4 Å². The third-order valence-electron chi connectivity index (χ3n) is 3.02. The van der Waals surface area contributed by atoms with Gasteiger partial charge in [0.15, 0.2) is 0 Å². The monoisotopic (exact) mass is 249 g/mol. The van der Waals surface area contributed by atoms with Gasteiger partial charge < -0.3 is 9.73 Å². The fourth-order valence-corrected chi connectivity index (χ4v) is 2.91. The van der Waals surface area contributed by atoms with Crippen LogP contribution in [-0.4, -0.2) is 0 Å². The molecule has 17 heavy (non-hydrogen) atoms. The third kappa shape index (κ3) is 2.79. The van der Waals surface area contributed by atoms with Crippen LogP contribution >= 0.6 is 11.3 Å². The molecule has 0 spiro atoms. The summed E-state index contributed by atoms with van der Waals surface area (Å²) in [6, 6.07) is 7.07. The van der Waals surface area contributed by atoms with Crippen molar-refractivity contribution in [3.8, 4) is 0 Å². The molecule has 2 atom stereocenters. The lowest BCUT2D eigenvalue weighted by atomic mass is 10.1. The van der Waals surface area contributed by atoms with Crippen molar-refractivity contribution in [1.29, 1.82) is 0 Å². The van der Waals surface area contributed by atoms with Crippen LogP contribution in [0, 0.1) is 13.8 Å². The number of nitrogens with one attached hydrogen (secondary N) is 1. The summed E-state index contributed by atoms with van der Waals surface area (Å²) in [6.45, 7) is 8.40. The topological polar surface area (TPSA) is 25.2 Å². The fraction of sp³-hybridized carbons (Fsp3) is 0.429. The van der Waals surface area contributed by atoms with Crippen LogP contribution in [0.3, 0.4) is 0 Å². The molecule has 0 aliphatic rings. The minimum absolute atomic E-state index is 0.310. The Morgan fingerprint density at radius 3 is 2.53 bits per heavy atom. The first kappa shape index (κ1) is 12.4. The number of furan rings is 1. The van der Waals surface area contributed by atoms with Crippen LogP contribution in [0.5, 0.6) is 0 Å². The van der Waals surface area contributed by atoms with Gasteiger partial charge in [-0.05, 0) is 45.2 Å². The minimum atomic E-state index is 0.310. The molecule has 3 heteroatoms. The van der Waals surface area contributed by atoms with E-state index in [4.69, 9.17) is 4.42 Å². The largest absolute Gasteiger partial charge is 0.466 e. The first-order chi connectivity index (χ1) is 8.08. The Kier molecular flexibility index (Phi) is 3.69. The Hall–Kier alpha value is -1.06. The number of thiophene rings is 1. The van der Waals surface area contributed by atoms with Crippen molar-refractivity contribution in [2.45, 2.75) is 39.8 Å². The lowest BCUT2D eigenvalue weighted by Crippen LogP contribution is -2.21. The Labute approximate surface area is 107 Å². The summed E-state index contributed by atoms with van der Waals surface area (Å²) in [4.78, 5) is 1.37. The van der Waals surface area contributed by atoms with Gasteiger partial charge in [0.05, 0.1) is 0 Å². The van der Waals surface area contributed by atoms with Crippen molar-refractivity contribution in [3.05, 3.63) is 45.5 Å². The average molecular weight is 249 g/mol. The molecule has 2 aromatic rings. The van der Waals surface area contributed by atoms with E-state index in [9.17, 15) is 0 Å². The second kappa shape index (κ2) is 5.07. The Bertz CT molecular complexity index is 472. The van der Waals surface area contributed by atoms with Crippen LogP contribution in [0.15, 0.2) is 28.0 Å². The smallest absolute Gasteiger partial charge is 0.105 e. The standard InChI is InChI=1S/C14H19NOS/c1-9-8-13(12(4)16-9)10(2)15-11(3)14-6-5-7-17-14/h5-8,10-11,15H,1-4H3/t10?,11-/m0/s1. The lowest BCUT2D eigenvalue weighted by molar-refractivity contribution is 0.471. The summed E-state index contributed by atoms with van der Waals surface area (Å²) in [5.41, 5.74) is 1.26. The Morgan fingerprint density at radius 1 is 1.24 bits per heavy atom. The molecule has 2 rings (SSSR count). The van der Waals surface area contributed by atoms with Gasteiger partial charge in [-0.25, -0.2) is 0 Å². The van der Waals surface area contributed by atoms with Crippen LogP contribution in [0.1, 0.15) is 47.9 Å². The second-order valence-electron chi connectivity index (χ2n) is 4.49. The van der Waals surface area contributed by atoms with Crippen molar-refractivity contribution >= 4 is 11.3 Å². The van der Waals surface area contributed by atoms with Gasteiger partial charge in [-0.3, -0.25) is 0 Å². The second-order valence-corrected chi connectivity index (χ2v) is 5.47. The van der Waals surface area contributed by atoms with E-state index in [1.54, 1.807) is 11.3 Å². The van der Waals surface area contributed by atoms with E-state index in [0.29, 0.717) is 12.1 Å². The van der Waals surface area contributed by atoms with Gasteiger partial charge in [-0.15, -0.1) is 11.3 Å². The highest BCUT2D eigenvalue weighted by molar-refractivity contribution is 7.10. The minimum Gasteiger partial charge on any atom is -0.466 e. The fourth-order valence-electron chi connectivity index (χ4n) is 2.16. The van der Waals surface area contributed by atoms with E-state index < -0.39 is 0 Å². The molecule has 0 aliphatic heterocycles. The molecule has 0 radical (unpaired) electrons. The molecular weight excluding hydrogens is 230 g/mol. The van der Waals surface area contributed by atoms with E-state index in [2.05, 4.69) is 42.7 Å². The maximum absolute atomic E-state index is 5.57. The molecule has 1 unspecified atom stereocenters. The molecule has 2 aromatic heterocycles. The van der Waals surface area contributed by atoms with E-state index in [0.717, 1.165) is 11.5 Å². The highest BCUT2D eigenvalue weighted by Crippen LogP contribution is 2.25. The van der Waals surface area contributed by atoms with Crippen molar-refractivity contribution in [2.24, 2.45) is 0 Å². The molecular formula is C14H19NOS. The van der Waals surface area contributed by atoms with E-state index in [1.807, 2.05) is 13.8 Å². The van der Waals surface area contributed by atoms with Gasteiger partial charge in [-0.2, -0.15) is 0 Å². The maximum atomic E-state index is 5.57. The first-order valence-corrected chi connectivity index (χ1v) is 6.82. The highest BCUT2D eigenvalue weighted by atomic mass is 32.1. The van der Waals surface area contributed by atoms with Crippen molar-refractivity contribution in [3.63, 3.8) is 0 Å². The molecule has 1 N–H and O–H groups in total. The molecule has 0 fully saturated rings. The predicted molar refractivity (Wildman–Crippen MR) is 72.5 cm³/mol. The summed E-state index contributed by atoms with van der Waals surface area (Å²) in [7, 11) is 0. The Balaban J connectivity index is 2.06. The molecule has 0 bridgehead atoms. The molecule has 2 nitrogen and oxygen atoms in total. The molecule has 0 saturated heterocycles. The predicted octanol–water partition coefficient (Wildman–Crippen LogP) is 4.37. The molecule has 92 valence electrons. The number of hydrogen-bond donors (Lipinski definition) is 1. The zero-order valence-electron chi connectivity index (χ0n) is 10.8. The van der Waals surface area contributed by atoms with E-state index in [-0.39, 0.29) is 0 Å².